The van der Waals surface area contributed by atoms with Crippen LogP contribution in [0.2, 0.25) is 0 Å². The lowest BCUT2D eigenvalue weighted by Gasteiger charge is -2.28. The maximum Gasteiger partial charge on any atom is 0.315 e. The molecular formula is C17H22N4O2S. The second kappa shape index (κ2) is 8.12. The number of carbonyl (C=O) groups is 1. The van der Waals surface area contributed by atoms with Gasteiger partial charge in [-0.15, -0.1) is 11.3 Å². The van der Waals surface area contributed by atoms with Gasteiger partial charge in [-0.25, -0.2) is 9.78 Å². The third-order valence-corrected chi connectivity index (χ3v) is 4.97. The van der Waals surface area contributed by atoms with Crippen LogP contribution in [0.3, 0.4) is 0 Å². The number of carbonyl (C=O) groups excluding carboxylic acids is 1. The van der Waals surface area contributed by atoms with E-state index >= 15 is 0 Å². The molecule has 1 atom stereocenters. The molecule has 0 aliphatic carbocycles. The molecule has 2 aromatic rings. The number of amides is 2. The first-order chi connectivity index (χ1) is 11.7. The summed E-state index contributed by atoms with van der Waals surface area (Å²) in [6.45, 7) is 5.61. The van der Waals surface area contributed by atoms with Gasteiger partial charge in [-0.3, -0.25) is 0 Å². The second-order valence-corrected chi connectivity index (χ2v) is 6.67. The third-order valence-electron chi connectivity index (χ3n) is 3.92. The minimum Gasteiger partial charge on any atom is -0.378 e. The SMILES string of the molecule is C[C@H](NC(=O)NCc1ccnc(N2CCOCC2)c1)c1cccs1. The Bertz CT molecular complexity index is 656. The van der Waals surface area contributed by atoms with Gasteiger partial charge in [0.15, 0.2) is 0 Å². The fraction of sp³-hybridized carbons (Fsp3) is 0.412. The van der Waals surface area contributed by atoms with Crippen LogP contribution in [0.1, 0.15) is 23.4 Å². The first-order valence-electron chi connectivity index (χ1n) is 8.08. The number of nitrogens with one attached hydrogen (secondary N) is 2. The molecule has 0 saturated carbocycles. The Hall–Kier alpha value is -2.12. The highest BCUT2D eigenvalue weighted by Crippen LogP contribution is 2.18. The number of ether oxygens (including phenoxy) is 1. The molecule has 1 aliphatic heterocycles. The van der Waals surface area contributed by atoms with Crippen LogP contribution in [0.4, 0.5) is 10.6 Å². The Morgan fingerprint density at radius 3 is 3.00 bits per heavy atom. The van der Waals surface area contributed by atoms with Gasteiger partial charge in [0.2, 0.25) is 0 Å². The number of anilines is 1. The number of hydrogen-bond donors (Lipinski definition) is 2. The third kappa shape index (κ3) is 4.46. The number of nitrogens with zero attached hydrogens (tertiary/aromatic N) is 2. The maximum atomic E-state index is 12.0. The summed E-state index contributed by atoms with van der Waals surface area (Å²) in [5.74, 6) is 0.935. The molecule has 3 heterocycles. The monoisotopic (exact) mass is 346 g/mol. The summed E-state index contributed by atoms with van der Waals surface area (Å²) >= 11 is 1.64. The van der Waals surface area contributed by atoms with Crippen molar-refractivity contribution in [2.24, 2.45) is 0 Å². The molecule has 2 amide bonds. The van der Waals surface area contributed by atoms with Crippen molar-refractivity contribution in [2.45, 2.75) is 19.5 Å². The molecule has 2 aromatic heterocycles. The zero-order chi connectivity index (χ0) is 16.8. The second-order valence-electron chi connectivity index (χ2n) is 5.69. The molecule has 1 saturated heterocycles. The van der Waals surface area contributed by atoms with Crippen molar-refractivity contribution in [3.05, 3.63) is 46.3 Å². The molecular weight excluding hydrogens is 324 g/mol. The predicted molar refractivity (Wildman–Crippen MR) is 95.4 cm³/mol. The summed E-state index contributed by atoms with van der Waals surface area (Å²) in [5, 5.41) is 7.86. The Kier molecular flexibility index (Phi) is 5.66. The minimum atomic E-state index is -0.166. The van der Waals surface area contributed by atoms with Gasteiger partial charge in [0, 0.05) is 30.7 Å². The molecule has 6 nitrogen and oxygen atoms in total. The van der Waals surface area contributed by atoms with Gasteiger partial charge in [-0.05, 0) is 36.1 Å². The average Bonchev–Trinajstić information content (AvgIpc) is 3.16. The van der Waals surface area contributed by atoms with Crippen LogP contribution in [0, 0.1) is 0 Å². The van der Waals surface area contributed by atoms with Gasteiger partial charge in [-0.1, -0.05) is 6.07 Å². The Morgan fingerprint density at radius 2 is 2.25 bits per heavy atom. The molecule has 0 aromatic carbocycles. The number of rotatable bonds is 5. The van der Waals surface area contributed by atoms with Crippen molar-refractivity contribution in [1.82, 2.24) is 15.6 Å². The summed E-state index contributed by atoms with van der Waals surface area (Å²) in [5.41, 5.74) is 1.03. The van der Waals surface area contributed by atoms with Gasteiger partial charge in [-0.2, -0.15) is 0 Å². The van der Waals surface area contributed by atoms with E-state index in [1.54, 1.807) is 17.5 Å². The quantitative estimate of drug-likeness (QED) is 0.873. The largest absolute Gasteiger partial charge is 0.378 e. The minimum absolute atomic E-state index is 0.00588. The van der Waals surface area contributed by atoms with Gasteiger partial charge >= 0.3 is 6.03 Å². The van der Waals surface area contributed by atoms with Crippen LogP contribution < -0.4 is 15.5 Å². The lowest BCUT2D eigenvalue weighted by molar-refractivity contribution is 0.122. The van der Waals surface area contributed by atoms with Crippen molar-refractivity contribution >= 4 is 23.2 Å². The first kappa shape index (κ1) is 16.7. The van der Waals surface area contributed by atoms with Crippen molar-refractivity contribution in [3.8, 4) is 0 Å². The molecule has 128 valence electrons. The smallest absolute Gasteiger partial charge is 0.315 e. The maximum absolute atomic E-state index is 12.0. The predicted octanol–water partition coefficient (Wildman–Crippen LogP) is 2.54. The molecule has 2 N–H and O–H groups in total. The van der Waals surface area contributed by atoms with Gasteiger partial charge < -0.3 is 20.3 Å². The van der Waals surface area contributed by atoms with E-state index in [2.05, 4.69) is 20.5 Å². The van der Waals surface area contributed by atoms with E-state index in [1.165, 1.54) is 0 Å². The van der Waals surface area contributed by atoms with Gasteiger partial charge in [0.05, 0.1) is 19.3 Å². The van der Waals surface area contributed by atoms with Crippen molar-refractivity contribution in [3.63, 3.8) is 0 Å². The topological polar surface area (TPSA) is 66.5 Å². The van der Waals surface area contributed by atoms with Gasteiger partial charge in [0.1, 0.15) is 5.82 Å². The van der Waals surface area contributed by atoms with Crippen molar-refractivity contribution in [2.75, 3.05) is 31.2 Å². The van der Waals surface area contributed by atoms with Crippen LogP contribution in [0.25, 0.3) is 0 Å². The highest BCUT2D eigenvalue weighted by Gasteiger charge is 2.13. The molecule has 0 spiro atoms. The molecule has 0 radical (unpaired) electrons. The lowest BCUT2D eigenvalue weighted by Crippen LogP contribution is -2.37. The Labute approximate surface area is 145 Å². The standard InChI is InChI=1S/C17H22N4O2S/c1-13(15-3-2-10-24-15)20-17(22)19-12-14-4-5-18-16(11-14)21-6-8-23-9-7-21/h2-5,10-11,13H,6-9,12H2,1H3,(H2,19,20,22)/t13-/m0/s1. The number of pyridine rings is 1. The van der Waals surface area contributed by atoms with Crippen molar-refractivity contribution < 1.29 is 9.53 Å². The van der Waals surface area contributed by atoms with Crippen LogP contribution in [0.15, 0.2) is 35.8 Å². The van der Waals surface area contributed by atoms with E-state index < -0.39 is 0 Å². The van der Waals surface area contributed by atoms with E-state index in [0.29, 0.717) is 6.54 Å². The van der Waals surface area contributed by atoms with E-state index in [4.69, 9.17) is 4.74 Å². The number of aromatic nitrogens is 1. The molecule has 0 unspecified atom stereocenters. The van der Waals surface area contributed by atoms with E-state index in [0.717, 1.165) is 42.6 Å². The fourth-order valence-electron chi connectivity index (χ4n) is 2.57. The van der Waals surface area contributed by atoms with Crippen LogP contribution in [-0.4, -0.2) is 37.3 Å². The highest BCUT2D eigenvalue weighted by atomic mass is 32.1. The molecule has 24 heavy (non-hydrogen) atoms. The molecule has 7 heteroatoms. The summed E-state index contributed by atoms with van der Waals surface area (Å²) in [6.07, 6.45) is 1.79. The van der Waals surface area contributed by atoms with E-state index in [1.807, 2.05) is 36.6 Å². The average molecular weight is 346 g/mol. The van der Waals surface area contributed by atoms with Gasteiger partial charge in [0.25, 0.3) is 0 Å². The Balaban J connectivity index is 1.51. The summed E-state index contributed by atoms with van der Waals surface area (Å²) in [7, 11) is 0. The molecule has 0 bridgehead atoms. The highest BCUT2D eigenvalue weighted by molar-refractivity contribution is 7.10. The fourth-order valence-corrected chi connectivity index (χ4v) is 3.31. The van der Waals surface area contributed by atoms with E-state index in [9.17, 15) is 4.79 Å². The van der Waals surface area contributed by atoms with Crippen LogP contribution in [0.5, 0.6) is 0 Å². The molecule has 1 fully saturated rings. The molecule has 3 rings (SSSR count). The first-order valence-corrected chi connectivity index (χ1v) is 8.96. The summed E-state index contributed by atoms with van der Waals surface area (Å²) < 4.78 is 5.36. The normalized spacial score (nSPS) is 15.8. The number of urea groups is 1. The van der Waals surface area contributed by atoms with Crippen molar-refractivity contribution in [1.29, 1.82) is 0 Å². The van der Waals surface area contributed by atoms with E-state index in [-0.39, 0.29) is 12.1 Å². The summed E-state index contributed by atoms with van der Waals surface area (Å²) in [6, 6.07) is 7.79. The number of thiophene rings is 1. The summed E-state index contributed by atoms with van der Waals surface area (Å²) in [4.78, 5) is 19.8. The Morgan fingerprint density at radius 1 is 1.42 bits per heavy atom. The number of morpholine rings is 1. The zero-order valence-electron chi connectivity index (χ0n) is 13.7. The number of hydrogen-bond acceptors (Lipinski definition) is 5. The lowest BCUT2D eigenvalue weighted by atomic mass is 10.2. The van der Waals surface area contributed by atoms with Crippen LogP contribution in [-0.2, 0) is 11.3 Å². The molecule has 1 aliphatic rings. The van der Waals surface area contributed by atoms with Crippen LogP contribution >= 0.6 is 11.3 Å². The zero-order valence-corrected chi connectivity index (χ0v) is 14.5.